The van der Waals surface area contributed by atoms with Gasteiger partial charge in [0.1, 0.15) is 0 Å². The highest BCUT2D eigenvalue weighted by molar-refractivity contribution is 6.31. The Morgan fingerprint density at radius 1 is 1.44 bits per heavy atom. The van der Waals surface area contributed by atoms with E-state index in [1.54, 1.807) is 0 Å². The van der Waals surface area contributed by atoms with Crippen molar-refractivity contribution in [1.82, 2.24) is 0 Å². The molecule has 0 aromatic heterocycles. The summed E-state index contributed by atoms with van der Waals surface area (Å²) in [6.07, 6.45) is 1.36. The molecular weight excluding hydrogens is 256 g/mol. The molecular formula is C12H15ClN2O3. The summed E-state index contributed by atoms with van der Waals surface area (Å²) in [6, 6.07) is 3.52. The van der Waals surface area contributed by atoms with Gasteiger partial charge < -0.3 is 16.2 Å². The summed E-state index contributed by atoms with van der Waals surface area (Å²) >= 11 is 5.77. The molecule has 0 bridgehead atoms. The summed E-state index contributed by atoms with van der Waals surface area (Å²) in [5.74, 6) is -1.46. The number of anilines is 1. The zero-order valence-electron chi connectivity index (χ0n) is 9.94. The Bertz CT molecular complexity index is 463. The third-order valence-electron chi connectivity index (χ3n) is 2.35. The third kappa shape index (κ3) is 4.01. The Kier molecular flexibility index (Phi) is 5.12. The normalized spacial score (nSPS) is 11.9. The molecule has 1 amide bonds. The zero-order chi connectivity index (χ0) is 13.7. The van der Waals surface area contributed by atoms with Gasteiger partial charge in [-0.2, -0.15) is 0 Å². The van der Waals surface area contributed by atoms with Crippen molar-refractivity contribution in [1.29, 1.82) is 0 Å². The first kappa shape index (κ1) is 14.5. The number of carboxylic acid groups (broad SMARTS) is 1. The highest BCUT2D eigenvalue weighted by Crippen LogP contribution is 2.19. The van der Waals surface area contributed by atoms with Gasteiger partial charge in [-0.25, -0.2) is 4.79 Å². The van der Waals surface area contributed by atoms with E-state index in [1.807, 2.05) is 6.92 Å². The summed E-state index contributed by atoms with van der Waals surface area (Å²) in [5.41, 5.74) is 6.00. The summed E-state index contributed by atoms with van der Waals surface area (Å²) in [7, 11) is 0. The molecule has 4 N–H and O–H groups in total. The van der Waals surface area contributed by atoms with Crippen molar-refractivity contribution >= 4 is 29.2 Å². The first-order chi connectivity index (χ1) is 8.43. The molecule has 0 aliphatic carbocycles. The second-order valence-corrected chi connectivity index (χ2v) is 4.35. The Balaban J connectivity index is 2.84. The molecule has 0 heterocycles. The van der Waals surface area contributed by atoms with E-state index in [0.29, 0.717) is 12.1 Å². The van der Waals surface area contributed by atoms with Crippen LogP contribution in [0.5, 0.6) is 0 Å². The quantitative estimate of drug-likeness (QED) is 0.764. The summed E-state index contributed by atoms with van der Waals surface area (Å²) in [6.45, 7) is 1.93. The van der Waals surface area contributed by atoms with Crippen LogP contribution in [0.15, 0.2) is 18.2 Å². The molecule has 1 rings (SSSR count). The SMILES string of the molecule is CCCC(N)C(=O)Nc1cc(Cl)cc(C(=O)O)c1. The molecule has 0 saturated carbocycles. The van der Waals surface area contributed by atoms with Gasteiger partial charge in [0.2, 0.25) is 5.91 Å². The van der Waals surface area contributed by atoms with Crippen LogP contribution in [0.4, 0.5) is 5.69 Å². The van der Waals surface area contributed by atoms with E-state index >= 15 is 0 Å². The molecule has 0 saturated heterocycles. The van der Waals surface area contributed by atoms with E-state index in [2.05, 4.69) is 5.32 Å². The molecule has 6 heteroatoms. The maximum atomic E-state index is 11.7. The molecule has 0 fully saturated rings. The van der Waals surface area contributed by atoms with E-state index in [0.717, 1.165) is 6.42 Å². The summed E-state index contributed by atoms with van der Waals surface area (Å²) in [4.78, 5) is 22.5. The van der Waals surface area contributed by atoms with Gasteiger partial charge in [-0.1, -0.05) is 24.9 Å². The van der Waals surface area contributed by atoms with Crippen molar-refractivity contribution in [2.45, 2.75) is 25.8 Å². The first-order valence-electron chi connectivity index (χ1n) is 5.54. The number of hydrogen-bond acceptors (Lipinski definition) is 3. The van der Waals surface area contributed by atoms with Gasteiger partial charge in [0.25, 0.3) is 0 Å². The van der Waals surface area contributed by atoms with Gasteiger partial charge >= 0.3 is 5.97 Å². The van der Waals surface area contributed by atoms with Crippen LogP contribution >= 0.6 is 11.6 Å². The Morgan fingerprint density at radius 3 is 2.67 bits per heavy atom. The number of nitrogens with two attached hydrogens (primary N) is 1. The number of nitrogens with one attached hydrogen (secondary N) is 1. The number of carbonyl (C=O) groups is 2. The summed E-state index contributed by atoms with van der Waals surface area (Å²) in [5, 5.41) is 11.7. The number of halogens is 1. The average Bonchev–Trinajstić information content (AvgIpc) is 2.28. The molecule has 0 aliphatic heterocycles. The van der Waals surface area contributed by atoms with Crippen LogP contribution in [0.25, 0.3) is 0 Å². The minimum absolute atomic E-state index is 0.0156. The number of aromatic carboxylic acids is 1. The molecule has 0 aliphatic rings. The molecule has 98 valence electrons. The molecule has 1 aromatic rings. The number of rotatable bonds is 5. The smallest absolute Gasteiger partial charge is 0.335 e. The fourth-order valence-electron chi connectivity index (χ4n) is 1.46. The lowest BCUT2D eigenvalue weighted by atomic mass is 10.1. The maximum Gasteiger partial charge on any atom is 0.335 e. The topological polar surface area (TPSA) is 92.4 Å². The Labute approximate surface area is 110 Å². The van der Waals surface area contributed by atoms with Crippen molar-refractivity contribution < 1.29 is 14.7 Å². The second kappa shape index (κ2) is 6.37. The fraction of sp³-hybridized carbons (Fsp3) is 0.333. The Morgan fingerprint density at radius 2 is 2.11 bits per heavy atom. The van der Waals surface area contributed by atoms with Gasteiger partial charge in [-0.05, 0) is 24.6 Å². The lowest BCUT2D eigenvalue weighted by molar-refractivity contribution is -0.117. The predicted molar refractivity (Wildman–Crippen MR) is 69.9 cm³/mol. The molecule has 1 atom stereocenters. The maximum absolute atomic E-state index is 11.7. The molecule has 0 radical (unpaired) electrons. The minimum atomic E-state index is -1.11. The minimum Gasteiger partial charge on any atom is -0.478 e. The largest absolute Gasteiger partial charge is 0.478 e. The van der Waals surface area contributed by atoms with E-state index in [-0.39, 0.29) is 16.5 Å². The second-order valence-electron chi connectivity index (χ2n) is 3.92. The van der Waals surface area contributed by atoms with E-state index in [1.165, 1.54) is 18.2 Å². The molecule has 1 aromatic carbocycles. The highest BCUT2D eigenvalue weighted by Gasteiger charge is 2.14. The molecule has 0 spiro atoms. The van der Waals surface area contributed by atoms with Crippen LogP contribution in [-0.4, -0.2) is 23.0 Å². The van der Waals surface area contributed by atoms with Gasteiger partial charge in [0, 0.05) is 10.7 Å². The predicted octanol–water partition coefficient (Wildman–Crippen LogP) is 2.10. The third-order valence-corrected chi connectivity index (χ3v) is 2.57. The van der Waals surface area contributed by atoms with Crippen LogP contribution in [0.3, 0.4) is 0 Å². The number of hydrogen-bond donors (Lipinski definition) is 3. The first-order valence-corrected chi connectivity index (χ1v) is 5.92. The van der Waals surface area contributed by atoms with Crippen LogP contribution in [0.1, 0.15) is 30.1 Å². The lowest BCUT2D eigenvalue weighted by Crippen LogP contribution is -2.35. The molecule has 1 unspecified atom stereocenters. The van der Waals surface area contributed by atoms with Crippen LogP contribution in [0.2, 0.25) is 5.02 Å². The van der Waals surface area contributed by atoms with E-state index in [9.17, 15) is 9.59 Å². The van der Waals surface area contributed by atoms with Crippen LogP contribution < -0.4 is 11.1 Å². The van der Waals surface area contributed by atoms with Crippen molar-refractivity contribution in [2.24, 2.45) is 5.73 Å². The van der Waals surface area contributed by atoms with E-state index < -0.39 is 12.0 Å². The van der Waals surface area contributed by atoms with Gasteiger partial charge in [0.15, 0.2) is 0 Å². The Hall–Kier alpha value is -1.59. The fourth-order valence-corrected chi connectivity index (χ4v) is 1.70. The van der Waals surface area contributed by atoms with Gasteiger partial charge in [-0.3, -0.25) is 4.79 Å². The summed E-state index contributed by atoms with van der Waals surface area (Å²) < 4.78 is 0. The number of carboxylic acids is 1. The van der Waals surface area contributed by atoms with Crippen molar-refractivity contribution in [3.63, 3.8) is 0 Å². The van der Waals surface area contributed by atoms with Crippen molar-refractivity contribution in [3.05, 3.63) is 28.8 Å². The van der Waals surface area contributed by atoms with Crippen LogP contribution in [-0.2, 0) is 4.79 Å². The number of amides is 1. The van der Waals surface area contributed by atoms with Gasteiger partial charge in [-0.15, -0.1) is 0 Å². The highest BCUT2D eigenvalue weighted by atomic mass is 35.5. The van der Waals surface area contributed by atoms with Crippen molar-refractivity contribution in [3.8, 4) is 0 Å². The standard InChI is InChI=1S/C12H15ClN2O3/c1-2-3-10(14)11(16)15-9-5-7(12(17)18)4-8(13)6-9/h4-6,10H,2-3,14H2,1H3,(H,15,16)(H,17,18). The molecule has 5 nitrogen and oxygen atoms in total. The average molecular weight is 271 g/mol. The van der Waals surface area contributed by atoms with E-state index in [4.69, 9.17) is 22.4 Å². The monoisotopic (exact) mass is 270 g/mol. The van der Waals surface area contributed by atoms with Crippen molar-refractivity contribution in [2.75, 3.05) is 5.32 Å². The number of benzene rings is 1. The van der Waals surface area contributed by atoms with Gasteiger partial charge in [0.05, 0.1) is 11.6 Å². The van der Waals surface area contributed by atoms with Crippen LogP contribution in [0, 0.1) is 0 Å². The number of carbonyl (C=O) groups excluding carboxylic acids is 1. The lowest BCUT2D eigenvalue weighted by Gasteiger charge is -2.11. The molecule has 18 heavy (non-hydrogen) atoms. The zero-order valence-corrected chi connectivity index (χ0v) is 10.7.